The minimum atomic E-state index is -0.0597. The molecule has 0 aromatic rings. The summed E-state index contributed by atoms with van der Waals surface area (Å²) in [7, 11) is 0. The van der Waals surface area contributed by atoms with Crippen molar-refractivity contribution in [1.29, 1.82) is 0 Å². The lowest BCUT2D eigenvalue weighted by Crippen LogP contribution is -2.54. The van der Waals surface area contributed by atoms with Crippen molar-refractivity contribution in [3.05, 3.63) is 12.3 Å². The number of aliphatic hydroxyl groups excluding tert-OH is 2. The minimum absolute atomic E-state index is 0.0211. The number of fused-ring (bicyclic) bond motifs is 5. The Bertz CT molecular complexity index is 514. The van der Waals surface area contributed by atoms with Crippen LogP contribution in [-0.4, -0.2) is 16.3 Å². The fourth-order valence-corrected chi connectivity index (χ4v) is 8.18. The van der Waals surface area contributed by atoms with E-state index in [1.165, 1.54) is 44.9 Å². The van der Waals surface area contributed by atoms with E-state index in [-0.39, 0.29) is 11.5 Å². The molecule has 2 heteroatoms. The zero-order valence-electron chi connectivity index (χ0n) is 15.6. The highest BCUT2D eigenvalue weighted by Gasteiger charge is 2.62. The van der Waals surface area contributed by atoms with Crippen LogP contribution in [-0.2, 0) is 0 Å². The fraction of sp³-hybridized carbons (Fsp3) is 0.909. The molecule has 0 aliphatic heterocycles. The third-order valence-corrected chi connectivity index (χ3v) is 9.35. The van der Waals surface area contributed by atoms with Crippen molar-refractivity contribution >= 4 is 0 Å². The van der Waals surface area contributed by atoms with Crippen LogP contribution in [0.3, 0.4) is 0 Å². The van der Waals surface area contributed by atoms with Gasteiger partial charge in [-0.3, -0.25) is 0 Å². The molecule has 0 spiro atoms. The third-order valence-electron chi connectivity index (χ3n) is 9.35. The van der Waals surface area contributed by atoms with E-state index in [0.29, 0.717) is 23.0 Å². The van der Waals surface area contributed by atoms with Gasteiger partial charge in [0.1, 0.15) is 0 Å². The first-order chi connectivity index (χ1) is 11.4. The van der Waals surface area contributed by atoms with Crippen molar-refractivity contribution in [3.8, 4) is 0 Å². The summed E-state index contributed by atoms with van der Waals surface area (Å²) in [4.78, 5) is 0. The Kier molecular flexibility index (Phi) is 4.06. The molecule has 0 bridgehead atoms. The van der Waals surface area contributed by atoms with E-state index in [2.05, 4.69) is 20.4 Å². The van der Waals surface area contributed by atoms with Crippen LogP contribution in [0, 0.1) is 40.4 Å². The number of aliphatic hydroxyl groups is 2. The molecule has 136 valence electrons. The van der Waals surface area contributed by atoms with Crippen LogP contribution in [0.1, 0.15) is 78.1 Å². The Morgan fingerprint density at radius 1 is 1.04 bits per heavy atom. The number of hydrogen-bond acceptors (Lipinski definition) is 2. The molecule has 4 rings (SSSR count). The average molecular weight is 333 g/mol. The summed E-state index contributed by atoms with van der Waals surface area (Å²) in [5.74, 6) is 4.09. The Morgan fingerprint density at radius 3 is 2.54 bits per heavy atom. The largest absolute Gasteiger partial charge is 0.512 e. The van der Waals surface area contributed by atoms with Gasteiger partial charge < -0.3 is 10.2 Å². The number of allylic oxidation sites excluding steroid dienone is 1. The summed E-state index contributed by atoms with van der Waals surface area (Å²) < 4.78 is 0. The minimum Gasteiger partial charge on any atom is -0.512 e. The summed E-state index contributed by atoms with van der Waals surface area (Å²) in [5, 5.41) is 20.8. The highest BCUT2D eigenvalue weighted by Crippen LogP contribution is 2.69. The highest BCUT2D eigenvalue weighted by atomic mass is 16.3. The quantitative estimate of drug-likeness (QED) is 0.658. The van der Waals surface area contributed by atoms with Gasteiger partial charge >= 0.3 is 0 Å². The molecule has 0 aromatic carbocycles. The second-order valence-electron chi connectivity index (χ2n) is 9.79. The van der Waals surface area contributed by atoms with Gasteiger partial charge in [0.25, 0.3) is 0 Å². The summed E-state index contributed by atoms with van der Waals surface area (Å²) >= 11 is 0. The fourth-order valence-electron chi connectivity index (χ4n) is 8.18. The number of rotatable bonds is 2. The second-order valence-corrected chi connectivity index (χ2v) is 9.79. The van der Waals surface area contributed by atoms with E-state index in [4.69, 9.17) is 0 Å². The molecule has 0 saturated heterocycles. The molecule has 24 heavy (non-hydrogen) atoms. The first-order valence-corrected chi connectivity index (χ1v) is 10.5. The molecule has 2 nitrogen and oxygen atoms in total. The van der Waals surface area contributed by atoms with Crippen molar-refractivity contribution in [2.24, 2.45) is 40.4 Å². The van der Waals surface area contributed by atoms with Crippen LogP contribution in [0.5, 0.6) is 0 Å². The van der Waals surface area contributed by atoms with Crippen LogP contribution in [0.25, 0.3) is 0 Å². The molecule has 0 amide bonds. The van der Waals surface area contributed by atoms with Crippen molar-refractivity contribution < 1.29 is 10.2 Å². The van der Waals surface area contributed by atoms with Gasteiger partial charge in [-0.05, 0) is 92.8 Å². The monoisotopic (exact) mass is 332 g/mol. The SMILES string of the molecule is C=C(O)[C@@]12CC[C@H]3[C@@H](CC[C@H]4C[C@H](O)CCC43C)[C@@H]1CCC2CC. The zero-order chi connectivity index (χ0) is 17.1. The predicted octanol–water partition coefficient (Wildman–Crippen LogP) is 5.47. The maximum absolute atomic E-state index is 10.6. The molecule has 4 aliphatic rings. The van der Waals surface area contributed by atoms with Crippen LogP contribution in [0.4, 0.5) is 0 Å². The molecule has 0 radical (unpaired) electrons. The lowest BCUT2D eigenvalue weighted by atomic mass is 9.44. The topological polar surface area (TPSA) is 40.5 Å². The third kappa shape index (κ3) is 2.11. The molecule has 4 fully saturated rings. The van der Waals surface area contributed by atoms with Crippen molar-refractivity contribution in [2.75, 3.05) is 0 Å². The predicted molar refractivity (Wildman–Crippen MR) is 97.6 cm³/mol. The molecule has 2 unspecified atom stereocenters. The van der Waals surface area contributed by atoms with E-state index in [1.807, 2.05) is 0 Å². The van der Waals surface area contributed by atoms with E-state index >= 15 is 0 Å². The lowest BCUT2D eigenvalue weighted by molar-refractivity contribution is -0.128. The van der Waals surface area contributed by atoms with Gasteiger partial charge in [-0.15, -0.1) is 0 Å². The smallest absolute Gasteiger partial charge is 0.0918 e. The molecule has 8 atom stereocenters. The van der Waals surface area contributed by atoms with E-state index in [0.717, 1.165) is 37.0 Å². The van der Waals surface area contributed by atoms with Gasteiger partial charge in [0.2, 0.25) is 0 Å². The van der Waals surface area contributed by atoms with Crippen LogP contribution in [0.15, 0.2) is 12.3 Å². The van der Waals surface area contributed by atoms with Gasteiger partial charge in [-0.25, -0.2) is 0 Å². The summed E-state index contributed by atoms with van der Waals surface area (Å²) in [6.45, 7) is 8.91. The summed E-state index contributed by atoms with van der Waals surface area (Å²) in [5.41, 5.74) is 0.447. The van der Waals surface area contributed by atoms with Gasteiger partial charge in [-0.1, -0.05) is 26.8 Å². The summed E-state index contributed by atoms with van der Waals surface area (Å²) in [6, 6.07) is 0. The van der Waals surface area contributed by atoms with E-state index in [9.17, 15) is 10.2 Å². The molecular weight excluding hydrogens is 296 g/mol. The maximum Gasteiger partial charge on any atom is 0.0918 e. The van der Waals surface area contributed by atoms with Crippen molar-refractivity contribution in [2.45, 2.75) is 84.2 Å². The molecule has 4 aliphatic carbocycles. The molecule has 2 N–H and O–H groups in total. The van der Waals surface area contributed by atoms with Crippen molar-refractivity contribution in [1.82, 2.24) is 0 Å². The Hall–Kier alpha value is -0.500. The number of hydrogen-bond donors (Lipinski definition) is 2. The Balaban J connectivity index is 1.66. The van der Waals surface area contributed by atoms with Gasteiger partial charge in [-0.2, -0.15) is 0 Å². The normalized spacial score (nSPS) is 53.8. The first-order valence-electron chi connectivity index (χ1n) is 10.5. The van der Waals surface area contributed by atoms with E-state index < -0.39 is 0 Å². The Morgan fingerprint density at radius 2 is 1.83 bits per heavy atom. The molecule has 0 aromatic heterocycles. The standard InChI is InChI=1S/C22H36O2/c1-4-15-6-8-20-18-7-5-16-13-17(24)9-11-21(16,3)19(18)10-12-22(15,20)14(2)23/h15-20,23-24H,2,4-13H2,1,3H3/t15?,16-,17+,18+,19-,20-,21?,22+/m0/s1. The first kappa shape index (κ1) is 16.9. The van der Waals surface area contributed by atoms with Crippen LogP contribution < -0.4 is 0 Å². The van der Waals surface area contributed by atoms with Gasteiger partial charge in [0.05, 0.1) is 11.9 Å². The van der Waals surface area contributed by atoms with Crippen LogP contribution in [0.2, 0.25) is 0 Å². The van der Waals surface area contributed by atoms with Crippen molar-refractivity contribution in [3.63, 3.8) is 0 Å². The lowest BCUT2D eigenvalue weighted by Gasteiger charge is -2.61. The molecular formula is C22H36O2. The van der Waals surface area contributed by atoms with Gasteiger partial charge in [0.15, 0.2) is 0 Å². The van der Waals surface area contributed by atoms with Gasteiger partial charge in [0, 0.05) is 5.41 Å². The molecule has 4 saturated carbocycles. The second kappa shape index (κ2) is 5.76. The highest BCUT2D eigenvalue weighted by molar-refractivity contribution is 5.18. The summed E-state index contributed by atoms with van der Waals surface area (Å²) in [6.07, 6.45) is 11.9. The molecule has 0 heterocycles. The zero-order valence-corrected chi connectivity index (χ0v) is 15.6. The van der Waals surface area contributed by atoms with E-state index in [1.54, 1.807) is 0 Å². The average Bonchev–Trinajstić information content (AvgIpc) is 2.95. The maximum atomic E-state index is 10.6. The van der Waals surface area contributed by atoms with Crippen LogP contribution >= 0.6 is 0 Å². The Labute approximate surface area is 147 Å².